The van der Waals surface area contributed by atoms with Crippen molar-refractivity contribution in [3.05, 3.63) is 28.5 Å². The van der Waals surface area contributed by atoms with Gasteiger partial charge in [-0.1, -0.05) is 23.0 Å². The first-order valence-corrected chi connectivity index (χ1v) is 7.25. The highest BCUT2D eigenvalue weighted by Gasteiger charge is 2.19. The molecule has 3 rings (SSSR count). The van der Waals surface area contributed by atoms with Crippen molar-refractivity contribution in [2.45, 2.75) is 13.3 Å². The quantitative estimate of drug-likeness (QED) is 0.687. The number of fused-ring (bicyclic) bond motifs is 1. The van der Waals surface area contributed by atoms with Gasteiger partial charge in [0.1, 0.15) is 4.88 Å². The lowest BCUT2D eigenvalue weighted by atomic mass is 10.2. The Morgan fingerprint density at radius 3 is 2.95 bits per heavy atom. The molecule has 3 heterocycles. The predicted octanol–water partition coefficient (Wildman–Crippen LogP) is 2.25. The number of nitrogens with zero attached hydrogens (tertiary/aromatic N) is 5. The van der Waals surface area contributed by atoms with Crippen LogP contribution in [0.15, 0.2) is 12.3 Å². The number of rotatable bonds is 3. The number of carbonyl (C=O) groups is 1. The van der Waals surface area contributed by atoms with Crippen LogP contribution in [0.4, 0.5) is 0 Å². The molecule has 0 amide bonds. The van der Waals surface area contributed by atoms with Gasteiger partial charge in [-0.05, 0) is 24.0 Å². The standard InChI is InChI=1S/C12H10ClN5O2S/c1-3-8-9(21-17-14-8)11-16-15-10-7(13)4-6(5-18(10)11)12(19)20-2/h4-5H,3H2,1-2H3. The Bertz CT molecular complexity index is 828. The molecule has 0 aliphatic rings. The first kappa shape index (κ1) is 13.9. The summed E-state index contributed by atoms with van der Waals surface area (Å²) >= 11 is 7.38. The molecule has 0 radical (unpaired) electrons. The van der Waals surface area contributed by atoms with E-state index in [2.05, 4.69) is 19.8 Å². The highest BCUT2D eigenvalue weighted by molar-refractivity contribution is 7.09. The van der Waals surface area contributed by atoms with Gasteiger partial charge in [0, 0.05) is 6.20 Å². The lowest BCUT2D eigenvalue weighted by Gasteiger charge is -2.03. The molecule has 0 N–H and O–H groups in total. The monoisotopic (exact) mass is 323 g/mol. The van der Waals surface area contributed by atoms with E-state index in [-0.39, 0.29) is 0 Å². The Hall–Kier alpha value is -2.06. The van der Waals surface area contributed by atoms with Gasteiger partial charge in [-0.2, -0.15) is 0 Å². The van der Waals surface area contributed by atoms with E-state index in [1.165, 1.54) is 24.7 Å². The molecule has 0 atom stereocenters. The second kappa shape index (κ2) is 5.38. The zero-order valence-corrected chi connectivity index (χ0v) is 12.8. The molecule has 0 fully saturated rings. The number of halogens is 1. The van der Waals surface area contributed by atoms with Crippen molar-refractivity contribution >= 4 is 34.7 Å². The molecule has 0 bridgehead atoms. The van der Waals surface area contributed by atoms with Gasteiger partial charge in [0.05, 0.1) is 23.4 Å². The normalized spacial score (nSPS) is 11.0. The average molecular weight is 324 g/mol. The molecule has 0 saturated carbocycles. The van der Waals surface area contributed by atoms with Crippen molar-refractivity contribution in [3.63, 3.8) is 0 Å². The topological polar surface area (TPSA) is 82.3 Å². The first-order chi connectivity index (χ1) is 10.2. The summed E-state index contributed by atoms with van der Waals surface area (Å²) in [4.78, 5) is 12.5. The van der Waals surface area contributed by atoms with E-state index in [1.54, 1.807) is 10.6 Å². The minimum atomic E-state index is -0.475. The summed E-state index contributed by atoms with van der Waals surface area (Å²) in [6.45, 7) is 1.98. The molecule has 0 aliphatic heterocycles. The number of aromatic nitrogens is 5. The second-order valence-electron chi connectivity index (χ2n) is 4.19. The summed E-state index contributed by atoms with van der Waals surface area (Å²) in [7, 11) is 1.32. The summed E-state index contributed by atoms with van der Waals surface area (Å²) in [5.41, 5.74) is 1.62. The third kappa shape index (κ3) is 2.26. The number of esters is 1. The van der Waals surface area contributed by atoms with E-state index >= 15 is 0 Å². The van der Waals surface area contributed by atoms with Crippen molar-refractivity contribution in [2.24, 2.45) is 0 Å². The smallest absolute Gasteiger partial charge is 0.339 e. The molecule has 0 aliphatic carbocycles. The van der Waals surface area contributed by atoms with Gasteiger partial charge in [-0.25, -0.2) is 4.79 Å². The zero-order chi connectivity index (χ0) is 15.0. The summed E-state index contributed by atoms with van der Waals surface area (Å²) in [5.74, 6) is 0.0843. The fourth-order valence-corrected chi connectivity index (χ4v) is 2.93. The van der Waals surface area contributed by atoms with Crippen molar-refractivity contribution in [3.8, 4) is 10.7 Å². The maximum Gasteiger partial charge on any atom is 0.339 e. The Morgan fingerprint density at radius 2 is 2.24 bits per heavy atom. The van der Waals surface area contributed by atoms with Gasteiger partial charge >= 0.3 is 5.97 Å². The van der Waals surface area contributed by atoms with E-state index in [9.17, 15) is 4.79 Å². The average Bonchev–Trinajstić information content (AvgIpc) is 3.11. The first-order valence-electron chi connectivity index (χ1n) is 6.10. The predicted molar refractivity (Wildman–Crippen MR) is 77.6 cm³/mol. The van der Waals surface area contributed by atoms with Crippen LogP contribution in [0.2, 0.25) is 5.02 Å². The zero-order valence-electron chi connectivity index (χ0n) is 11.2. The van der Waals surface area contributed by atoms with Crippen LogP contribution in [-0.4, -0.2) is 37.3 Å². The molecule has 7 nitrogen and oxygen atoms in total. The molecule has 9 heteroatoms. The number of carbonyl (C=O) groups excluding carboxylic acids is 1. The van der Waals surface area contributed by atoms with Gasteiger partial charge in [-0.15, -0.1) is 15.3 Å². The van der Waals surface area contributed by atoms with E-state index in [1.807, 2.05) is 6.92 Å². The summed E-state index contributed by atoms with van der Waals surface area (Å²) in [6.07, 6.45) is 2.33. The van der Waals surface area contributed by atoms with Gasteiger partial charge in [0.2, 0.25) is 0 Å². The minimum Gasteiger partial charge on any atom is -0.465 e. The Morgan fingerprint density at radius 1 is 1.43 bits per heavy atom. The van der Waals surface area contributed by atoms with Crippen LogP contribution < -0.4 is 0 Å². The third-order valence-corrected chi connectivity index (χ3v) is 4.02. The van der Waals surface area contributed by atoms with E-state index in [0.717, 1.165) is 17.0 Å². The molecule has 21 heavy (non-hydrogen) atoms. The number of aryl methyl sites for hydroxylation is 1. The maximum atomic E-state index is 11.7. The molecular formula is C12H10ClN5O2S. The van der Waals surface area contributed by atoms with Crippen LogP contribution in [0.25, 0.3) is 16.3 Å². The van der Waals surface area contributed by atoms with E-state index in [0.29, 0.717) is 22.1 Å². The fourth-order valence-electron chi connectivity index (χ4n) is 1.95. The fraction of sp³-hybridized carbons (Fsp3) is 0.250. The Labute approximate surface area is 128 Å². The Balaban J connectivity index is 2.25. The van der Waals surface area contributed by atoms with Crippen LogP contribution in [0.3, 0.4) is 0 Å². The van der Waals surface area contributed by atoms with Crippen molar-refractivity contribution in [2.75, 3.05) is 7.11 Å². The highest BCUT2D eigenvalue weighted by Crippen LogP contribution is 2.28. The van der Waals surface area contributed by atoms with Gasteiger partial charge < -0.3 is 4.74 Å². The van der Waals surface area contributed by atoms with E-state index in [4.69, 9.17) is 16.3 Å². The molecule has 3 aromatic heterocycles. The highest BCUT2D eigenvalue weighted by atomic mass is 35.5. The van der Waals surface area contributed by atoms with Crippen LogP contribution in [0.1, 0.15) is 23.0 Å². The SMILES string of the molecule is CCc1nnsc1-c1nnc2c(Cl)cc(C(=O)OC)cn12. The van der Waals surface area contributed by atoms with Gasteiger partial charge in [0.15, 0.2) is 11.5 Å². The largest absolute Gasteiger partial charge is 0.465 e. The van der Waals surface area contributed by atoms with Crippen LogP contribution in [-0.2, 0) is 11.2 Å². The van der Waals surface area contributed by atoms with E-state index < -0.39 is 5.97 Å². The van der Waals surface area contributed by atoms with Crippen molar-refractivity contribution in [1.82, 2.24) is 24.2 Å². The number of pyridine rings is 1. The lowest BCUT2D eigenvalue weighted by molar-refractivity contribution is 0.0600. The number of ether oxygens (including phenoxy) is 1. The molecular weight excluding hydrogens is 314 g/mol. The Kier molecular flexibility index (Phi) is 3.56. The summed E-state index contributed by atoms with van der Waals surface area (Å²) in [6, 6.07) is 1.51. The van der Waals surface area contributed by atoms with Gasteiger partial charge in [0.25, 0.3) is 0 Å². The molecule has 0 saturated heterocycles. The van der Waals surface area contributed by atoms with Crippen molar-refractivity contribution in [1.29, 1.82) is 0 Å². The van der Waals surface area contributed by atoms with Crippen molar-refractivity contribution < 1.29 is 9.53 Å². The summed E-state index contributed by atoms with van der Waals surface area (Å²) in [5, 5.41) is 12.6. The van der Waals surface area contributed by atoms with Crippen LogP contribution in [0.5, 0.6) is 0 Å². The van der Waals surface area contributed by atoms with Crippen LogP contribution in [0, 0.1) is 0 Å². The third-order valence-electron chi connectivity index (χ3n) is 2.97. The summed E-state index contributed by atoms with van der Waals surface area (Å²) < 4.78 is 10.3. The molecule has 108 valence electrons. The minimum absolute atomic E-state index is 0.326. The van der Waals surface area contributed by atoms with Gasteiger partial charge in [-0.3, -0.25) is 4.40 Å². The lowest BCUT2D eigenvalue weighted by Crippen LogP contribution is -2.04. The number of hydrogen-bond acceptors (Lipinski definition) is 7. The number of hydrogen-bond donors (Lipinski definition) is 0. The second-order valence-corrected chi connectivity index (χ2v) is 5.35. The number of methoxy groups -OCH3 is 1. The maximum absolute atomic E-state index is 11.7. The van der Waals surface area contributed by atoms with Crippen LogP contribution >= 0.6 is 23.1 Å². The molecule has 0 unspecified atom stereocenters. The molecule has 3 aromatic rings. The molecule has 0 spiro atoms. The molecule has 0 aromatic carbocycles.